The first-order valence-corrected chi connectivity index (χ1v) is 10.6. The summed E-state index contributed by atoms with van der Waals surface area (Å²) in [4.78, 5) is 27.1. The zero-order valence-electron chi connectivity index (χ0n) is 17.4. The summed E-state index contributed by atoms with van der Waals surface area (Å²) < 4.78 is 0. The van der Waals surface area contributed by atoms with Crippen LogP contribution in [-0.2, 0) is 16.1 Å². The molecule has 0 aliphatic carbocycles. The Bertz CT molecular complexity index is 997. The fourth-order valence-electron chi connectivity index (χ4n) is 4.32. The van der Waals surface area contributed by atoms with E-state index >= 15 is 0 Å². The fourth-order valence-corrected chi connectivity index (χ4v) is 4.32. The van der Waals surface area contributed by atoms with Gasteiger partial charge in [-0.1, -0.05) is 72.8 Å². The van der Waals surface area contributed by atoms with Gasteiger partial charge in [-0.15, -0.1) is 0 Å². The summed E-state index contributed by atoms with van der Waals surface area (Å²) in [6.45, 7) is 1.49. The van der Waals surface area contributed by atoms with Crippen molar-refractivity contribution in [2.45, 2.75) is 31.3 Å². The minimum absolute atomic E-state index is 0.0780. The molecule has 1 heterocycles. The van der Waals surface area contributed by atoms with Gasteiger partial charge in [0.2, 0.25) is 11.8 Å². The molecular formula is C26H27N3O2. The smallest absolute Gasteiger partial charge is 0.236 e. The van der Waals surface area contributed by atoms with E-state index in [1.807, 2.05) is 84.9 Å². The average Bonchev–Trinajstić information content (AvgIpc) is 3.24. The van der Waals surface area contributed by atoms with Gasteiger partial charge < -0.3 is 11.1 Å². The molecular weight excluding hydrogens is 386 g/mol. The summed E-state index contributed by atoms with van der Waals surface area (Å²) in [6.07, 6.45) is 1.78. The molecule has 1 atom stereocenters. The van der Waals surface area contributed by atoms with E-state index in [0.29, 0.717) is 6.54 Å². The van der Waals surface area contributed by atoms with Crippen LogP contribution in [0.1, 0.15) is 35.4 Å². The highest BCUT2D eigenvalue weighted by molar-refractivity contribution is 5.98. The Balaban J connectivity index is 1.53. The second-order valence-corrected chi connectivity index (χ2v) is 7.97. The first kappa shape index (κ1) is 20.8. The molecule has 0 aromatic heterocycles. The van der Waals surface area contributed by atoms with Crippen molar-refractivity contribution < 1.29 is 9.59 Å². The number of carbonyl (C=O) groups is 2. The Hall–Kier alpha value is -3.44. The molecule has 1 fully saturated rings. The largest absolute Gasteiger partial charge is 0.368 e. The van der Waals surface area contributed by atoms with Crippen LogP contribution < -0.4 is 11.1 Å². The zero-order chi connectivity index (χ0) is 21.6. The van der Waals surface area contributed by atoms with Crippen LogP contribution in [0.3, 0.4) is 0 Å². The molecule has 0 radical (unpaired) electrons. The Kier molecular flexibility index (Phi) is 6.43. The van der Waals surface area contributed by atoms with Gasteiger partial charge in [0.1, 0.15) is 0 Å². The molecule has 1 saturated heterocycles. The maximum absolute atomic E-state index is 13.3. The van der Waals surface area contributed by atoms with E-state index < -0.39 is 5.92 Å². The minimum atomic E-state index is -0.399. The van der Waals surface area contributed by atoms with Crippen molar-refractivity contribution in [2.24, 2.45) is 5.73 Å². The van der Waals surface area contributed by atoms with Crippen LogP contribution in [0.25, 0.3) is 0 Å². The van der Waals surface area contributed by atoms with Gasteiger partial charge in [0.15, 0.2) is 0 Å². The standard InChI is InChI=1S/C26H27N3O2/c27-25(30)23-15-8-16-29(23)18-19-9-7-14-22(17-19)28-26(31)24(20-10-3-1-4-11-20)21-12-5-2-6-13-21/h1-7,9-14,17,23-24H,8,15-16,18H2,(H2,27,30)(H,28,31). The van der Waals surface area contributed by atoms with Gasteiger partial charge in [0.05, 0.1) is 12.0 Å². The van der Waals surface area contributed by atoms with Crippen molar-refractivity contribution in [1.29, 1.82) is 0 Å². The normalized spacial score (nSPS) is 16.4. The first-order valence-electron chi connectivity index (χ1n) is 10.6. The number of amides is 2. The van der Waals surface area contributed by atoms with Gasteiger partial charge in [-0.3, -0.25) is 14.5 Å². The third-order valence-electron chi connectivity index (χ3n) is 5.80. The Morgan fingerprint density at radius 3 is 2.19 bits per heavy atom. The number of primary amides is 1. The molecule has 1 aliphatic rings. The molecule has 1 aliphatic heterocycles. The molecule has 3 N–H and O–H groups in total. The van der Waals surface area contributed by atoms with E-state index in [1.165, 1.54) is 0 Å². The van der Waals surface area contributed by atoms with Gasteiger partial charge >= 0.3 is 0 Å². The summed E-state index contributed by atoms with van der Waals surface area (Å²) in [6, 6.07) is 27.2. The third-order valence-corrected chi connectivity index (χ3v) is 5.80. The molecule has 0 saturated carbocycles. The number of nitrogens with one attached hydrogen (secondary N) is 1. The lowest BCUT2D eigenvalue weighted by Gasteiger charge is -2.22. The molecule has 1 unspecified atom stereocenters. The molecule has 0 spiro atoms. The molecule has 0 bridgehead atoms. The predicted molar refractivity (Wildman–Crippen MR) is 122 cm³/mol. The van der Waals surface area contributed by atoms with Crippen molar-refractivity contribution >= 4 is 17.5 Å². The number of carbonyl (C=O) groups excluding carboxylic acids is 2. The van der Waals surface area contributed by atoms with E-state index in [2.05, 4.69) is 10.2 Å². The number of benzene rings is 3. The minimum Gasteiger partial charge on any atom is -0.368 e. The van der Waals surface area contributed by atoms with Crippen LogP contribution in [0.2, 0.25) is 0 Å². The maximum Gasteiger partial charge on any atom is 0.236 e. The number of anilines is 1. The summed E-state index contributed by atoms with van der Waals surface area (Å²) in [5.74, 6) is -0.745. The monoisotopic (exact) mass is 413 g/mol. The Morgan fingerprint density at radius 1 is 0.935 bits per heavy atom. The lowest BCUT2D eigenvalue weighted by Crippen LogP contribution is -2.39. The second kappa shape index (κ2) is 9.58. The van der Waals surface area contributed by atoms with E-state index in [-0.39, 0.29) is 17.9 Å². The predicted octanol–water partition coefficient (Wildman–Crippen LogP) is 3.91. The van der Waals surface area contributed by atoms with Gasteiger partial charge in [-0.2, -0.15) is 0 Å². The van der Waals surface area contributed by atoms with Gasteiger partial charge in [0, 0.05) is 12.2 Å². The van der Waals surface area contributed by atoms with Gasteiger partial charge in [-0.05, 0) is 48.2 Å². The molecule has 2 amide bonds. The van der Waals surface area contributed by atoms with Crippen LogP contribution in [-0.4, -0.2) is 29.3 Å². The number of hydrogen-bond acceptors (Lipinski definition) is 3. The van der Waals surface area contributed by atoms with Crippen molar-refractivity contribution in [3.63, 3.8) is 0 Å². The van der Waals surface area contributed by atoms with E-state index in [4.69, 9.17) is 5.73 Å². The summed E-state index contributed by atoms with van der Waals surface area (Å²) in [5.41, 5.74) is 9.23. The SMILES string of the molecule is NC(=O)C1CCCN1Cc1cccc(NC(=O)C(c2ccccc2)c2ccccc2)c1. The topological polar surface area (TPSA) is 75.4 Å². The summed E-state index contributed by atoms with van der Waals surface area (Å²) in [7, 11) is 0. The lowest BCUT2D eigenvalue weighted by atomic mass is 9.90. The molecule has 158 valence electrons. The molecule has 4 rings (SSSR count). The average molecular weight is 414 g/mol. The Morgan fingerprint density at radius 2 is 1.58 bits per heavy atom. The number of rotatable bonds is 7. The Labute approximate surface area is 182 Å². The molecule has 5 nitrogen and oxygen atoms in total. The number of hydrogen-bond donors (Lipinski definition) is 2. The lowest BCUT2D eigenvalue weighted by molar-refractivity contribution is -0.122. The number of nitrogens with zero attached hydrogens (tertiary/aromatic N) is 1. The quantitative estimate of drug-likeness (QED) is 0.617. The highest BCUT2D eigenvalue weighted by Gasteiger charge is 2.29. The number of nitrogens with two attached hydrogens (primary N) is 1. The fraction of sp³-hybridized carbons (Fsp3) is 0.231. The van der Waals surface area contributed by atoms with Crippen LogP contribution in [0.4, 0.5) is 5.69 Å². The third kappa shape index (κ3) is 5.01. The van der Waals surface area contributed by atoms with E-state index in [9.17, 15) is 9.59 Å². The van der Waals surface area contributed by atoms with E-state index in [0.717, 1.165) is 41.8 Å². The van der Waals surface area contributed by atoms with Crippen molar-refractivity contribution in [2.75, 3.05) is 11.9 Å². The zero-order valence-corrected chi connectivity index (χ0v) is 17.4. The first-order chi connectivity index (χ1) is 15.1. The van der Waals surface area contributed by atoms with Crippen molar-refractivity contribution in [3.05, 3.63) is 102 Å². The molecule has 5 heteroatoms. The van der Waals surface area contributed by atoms with Crippen LogP contribution >= 0.6 is 0 Å². The molecule has 3 aromatic carbocycles. The van der Waals surface area contributed by atoms with Crippen molar-refractivity contribution in [3.8, 4) is 0 Å². The van der Waals surface area contributed by atoms with Crippen LogP contribution in [0.15, 0.2) is 84.9 Å². The highest BCUT2D eigenvalue weighted by Crippen LogP contribution is 2.27. The second-order valence-electron chi connectivity index (χ2n) is 7.97. The molecule has 31 heavy (non-hydrogen) atoms. The van der Waals surface area contributed by atoms with Gasteiger partial charge in [0.25, 0.3) is 0 Å². The van der Waals surface area contributed by atoms with Crippen molar-refractivity contribution in [1.82, 2.24) is 4.90 Å². The maximum atomic E-state index is 13.3. The summed E-state index contributed by atoms with van der Waals surface area (Å²) in [5, 5.41) is 3.09. The highest BCUT2D eigenvalue weighted by atomic mass is 16.2. The van der Waals surface area contributed by atoms with E-state index in [1.54, 1.807) is 0 Å². The van der Waals surface area contributed by atoms with Crippen LogP contribution in [0.5, 0.6) is 0 Å². The number of likely N-dealkylation sites (tertiary alicyclic amines) is 1. The summed E-state index contributed by atoms with van der Waals surface area (Å²) >= 11 is 0. The van der Waals surface area contributed by atoms with Crippen LogP contribution in [0, 0.1) is 0 Å². The molecule has 3 aromatic rings. The van der Waals surface area contributed by atoms with Gasteiger partial charge in [-0.25, -0.2) is 0 Å².